The molecule has 0 saturated carbocycles. The van der Waals surface area contributed by atoms with Gasteiger partial charge in [0, 0.05) is 10.6 Å². The predicted octanol–water partition coefficient (Wildman–Crippen LogP) is 5.74. The number of hydrogen-bond donors (Lipinski definition) is 1. The summed E-state index contributed by atoms with van der Waals surface area (Å²) in [5.41, 5.74) is 4.62. The number of carbonyl (C=O) groups excluding carboxylic acids is 1. The maximum absolute atomic E-state index is 12.1. The fourth-order valence-corrected chi connectivity index (χ4v) is 3.02. The molecule has 7 heteroatoms. The van der Waals surface area contributed by atoms with Crippen molar-refractivity contribution in [1.29, 1.82) is 0 Å². The molecule has 0 spiro atoms. The second-order valence-electron chi connectivity index (χ2n) is 6.24. The van der Waals surface area contributed by atoms with E-state index in [2.05, 4.69) is 10.5 Å². The zero-order chi connectivity index (χ0) is 21.3. The molecule has 0 aliphatic heterocycles. The van der Waals surface area contributed by atoms with Crippen LogP contribution in [-0.2, 0) is 6.61 Å². The van der Waals surface area contributed by atoms with E-state index >= 15 is 0 Å². The summed E-state index contributed by atoms with van der Waals surface area (Å²) in [7, 11) is 0. The van der Waals surface area contributed by atoms with Crippen molar-refractivity contribution >= 4 is 35.3 Å². The fraction of sp³-hybridized carbons (Fsp3) is 0.130. The monoisotopic (exact) mass is 442 g/mol. The first-order valence-corrected chi connectivity index (χ1v) is 10.0. The highest BCUT2D eigenvalue weighted by Crippen LogP contribution is 2.37. The molecule has 1 N–H and O–H groups in total. The van der Waals surface area contributed by atoms with Gasteiger partial charge in [0.2, 0.25) is 0 Å². The second-order valence-corrected chi connectivity index (χ2v) is 7.09. The highest BCUT2D eigenvalue weighted by Gasteiger charge is 2.13. The third-order valence-electron chi connectivity index (χ3n) is 4.04. The van der Waals surface area contributed by atoms with Gasteiger partial charge in [-0.2, -0.15) is 5.10 Å². The highest BCUT2D eigenvalue weighted by molar-refractivity contribution is 6.32. The quantitative estimate of drug-likeness (QED) is 0.357. The Morgan fingerprint density at radius 3 is 2.47 bits per heavy atom. The molecular weight excluding hydrogens is 423 g/mol. The molecule has 154 valence electrons. The van der Waals surface area contributed by atoms with Gasteiger partial charge in [0.1, 0.15) is 6.61 Å². The van der Waals surface area contributed by atoms with Crippen LogP contribution in [0.15, 0.2) is 71.8 Å². The number of ether oxygens (including phenoxy) is 2. The molecule has 3 rings (SSSR count). The molecule has 0 unspecified atom stereocenters. The van der Waals surface area contributed by atoms with Crippen LogP contribution in [0.5, 0.6) is 11.5 Å². The molecule has 0 aromatic heterocycles. The molecule has 0 radical (unpaired) electrons. The van der Waals surface area contributed by atoms with Crippen LogP contribution in [0.4, 0.5) is 0 Å². The zero-order valence-electron chi connectivity index (χ0n) is 16.3. The molecule has 0 aliphatic carbocycles. The minimum absolute atomic E-state index is 0.300. The van der Waals surface area contributed by atoms with Gasteiger partial charge in [-0.3, -0.25) is 4.79 Å². The normalized spacial score (nSPS) is 10.8. The molecular formula is C23H20Cl2N2O3. The fourth-order valence-electron chi connectivity index (χ4n) is 2.62. The Morgan fingerprint density at radius 2 is 1.77 bits per heavy atom. The summed E-state index contributed by atoms with van der Waals surface area (Å²) in [6, 6.07) is 19.6. The van der Waals surface area contributed by atoms with Crippen LogP contribution >= 0.6 is 23.2 Å². The maximum Gasteiger partial charge on any atom is 0.271 e. The smallest absolute Gasteiger partial charge is 0.271 e. The Hall–Kier alpha value is -3.02. The summed E-state index contributed by atoms with van der Waals surface area (Å²) in [5.74, 6) is 0.639. The van der Waals surface area contributed by atoms with E-state index in [4.69, 9.17) is 32.7 Å². The lowest BCUT2D eigenvalue weighted by molar-refractivity contribution is 0.0955. The van der Waals surface area contributed by atoms with Crippen molar-refractivity contribution in [2.45, 2.75) is 13.5 Å². The molecule has 1 amide bonds. The van der Waals surface area contributed by atoms with Gasteiger partial charge in [-0.05, 0) is 54.4 Å². The molecule has 3 aromatic rings. The first-order chi connectivity index (χ1) is 14.6. The third kappa shape index (κ3) is 5.99. The molecule has 0 saturated heterocycles. The highest BCUT2D eigenvalue weighted by atomic mass is 35.5. The van der Waals surface area contributed by atoms with Gasteiger partial charge < -0.3 is 9.47 Å². The lowest BCUT2D eigenvalue weighted by atomic mass is 10.2. The Balaban J connectivity index is 1.71. The molecule has 0 bridgehead atoms. The average Bonchev–Trinajstić information content (AvgIpc) is 2.75. The van der Waals surface area contributed by atoms with Gasteiger partial charge >= 0.3 is 0 Å². The van der Waals surface area contributed by atoms with Gasteiger partial charge in [0.05, 0.1) is 17.8 Å². The van der Waals surface area contributed by atoms with Crippen LogP contribution in [0.3, 0.4) is 0 Å². The predicted molar refractivity (Wildman–Crippen MR) is 120 cm³/mol. The third-order valence-corrected chi connectivity index (χ3v) is 4.58. The summed E-state index contributed by atoms with van der Waals surface area (Å²) in [5, 5.41) is 5.04. The average molecular weight is 443 g/mol. The van der Waals surface area contributed by atoms with Crippen molar-refractivity contribution in [3.8, 4) is 11.5 Å². The summed E-state index contributed by atoms with van der Waals surface area (Å²) in [4.78, 5) is 12.1. The zero-order valence-corrected chi connectivity index (χ0v) is 17.8. The van der Waals surface area contributed by atoms with E-state index in [1.807, 2.05) is 25.1 Å². The second kappa shape index (κ2) is 10.7. The summed E-state index contributed by atoms with van der Waals surface area (Å²) in [6.45, 7) is 2.63. The van der Waals surface area contributed by atoms with E-state index in [0.717, 1.165) is 5.56 Å². The number of nitrogens with one attached hydrogen (secondary N) is 1. The van der Waals surface area contributed by atoms with Gasteiger partial charge in [-0.1, -0.05) is 53.5 Å². The van der Waals surface area contributed by atoms with Crippen LogP contribution in [0.2, 0.25) is 10.0 Å². The lowest BCUT2D eigenvalue weighted by Crippen LogP contribution is -2.17. The molecule has 0 aliphatic rings. The van der Waals surface area contributed by atoms with Crippen LogP contribution < -0.4 is 14.9 Å². The number of benzene rings is 3. The van der Waals surface area contributed by atoms with Crippen molar-refractivity contribution in [1.82, 2.24) is 5.43 Å². The van der Waals surface area contributed by atoms with Gasteiger partial charge in [-0.25, -0.2) is 5.43 Å². The van der Waals surface area contributed by atoms with E-state index in [1.165, 1.54) is 6.21 Å². The Labute approximate surface area is 185 Å². The molecule has 3 aromatic carbocycles. The Kier molecular flexibility index (Phi) is 7.71. The van der Waals surface area contributed by atoms with Crippen molar-refractivity contribution in [3.63, 3.8) is 0 Å². The standard InChI is InChI=1S/C23H20Cl2N2O3/c1-2-29-21-13-17(14-26-27-23(28)18-6-4-3-5-7-18)12-20(25)22(21)30-15-16-8-10-19(24)11-9-16/h3-14H,2,15H2,1H3,(H,27,28)/b26-14-. The van der Waals surface area contributed by atoms with Gasteiger partial charge in [0.15, 0.2) is 11.5 Å². The van der Waals surface area contributed by atoms with Crippen molar-refractivity contribution < 1.29 is 14.3 Å². The molecule has 0 atom stereocenters. The minimum atomic E-state index is -0.300. The number of nitrogens with zero attached hydrogens (tertiary/aromatic N) is 1. The Morgan fingerprint density at radius 1 is 1.03 bits per heavy atom. The minimum Gasteiger partial charge on any atom is -0.490 e. The maximum atomic E-state index is 12.1. The number of amides is 1. The summed E-state index contributed by atoms with van der Waals surface area (Å²) >= 11 is 12.3. The van der Waals surface area contributed by atoms with Crippen molar-refractivity contribution in [2.75, 3.05) is 6.61 Å². The van der Waals surface area contributed by atoms with E-state index in [9.17, 15) is 4.79 Å². The van der Waals surface area contributed by atoms with E-state index in [0.29, 0.717) is 45.9 Å². The summed E-state index contributed by atoms with van der Waals surface area (Å²) in [6.07, 6.45) is 1.50. The van der Waals surface area contributed by atoms with Crippen LogP contribution in [0.25, 0.3) is 0 Å². The van der Waals surface area contributed by atoms with E-state index < -0.39 is 0 Å². The van der Waals surface area contributed by atoms with Gasteiger partial charge in [-0.15, -0.1) is 0 Å². The van der Waals surface area contributed by atoms with Crippen molar-refractivity contribution in [3.05, 3.63) is 93.5 Å². The van der Waals surface area contributed by atoms with E-state index in [-0.39, 0.29) is 5.91 Å². The summed E-state index contributed by atoms with van der Waals surface area (Å²) < 4.78 is 11.6. The molecule has 5 nitrogen and oxygen atoms in total. The first kappa shape index (κ1) is 21.7. The lowest BCUT2D eigenvalue weighted by Gasteiger charge is -2.14. The van der Waals surface area contributed by atoms with Crippen LogP contribution in [-0.4, -0.2) is 18.7 Å². The van der Waals surface area contributed by atoms with Crippen LogP contribution in [0.1, 0.15) is 28.4 Å². The molecule has 30 heavy (non-hydrogen) atoms. The SMILES string of the molecule is CCOc1cc(/C=N\NC(=O)c2ccccc2)cc(Cl)c1OCc1ccc(Cl)cc1. The van der Waals surface area contributed by atoms with E-state index in [1.54, 1.807) is 48.5 Å². The molecule has 0 heterocycles. The molecule has 0 fully saturated rings. The first-order valence-electron chi connectivity index (χ1n) is 9.29. The van der Waals surface area contributed by atoms with Gasteiger partial charge in [0.25, 0.3) is 5.91 Å². The number of hydrazone groups is 1. The van der Waals surface area contributed by atoms with Crippen molar-refractivity contribution in [2.24, 2.45) is 5.10 Å². The topological polar surface area (TPSA) is 59.9 Å². The number of hydrogen-bond acceptors (Lipinski definition) is 4. The number of halogens is 2. The van der Waals surface area contributed by atoms with Crippen LogP contribution in [0, 0.1) is 0 Å². The largest absolute Gasteiger partial charge is 0.490 e. The number of rotatable bonds is 8. The number of carbonyl (C=O) groups is 1. The Bertz CT molecular complexity index is 1020.